The summed E-state index contributed by atoms with van der Waals surface area (Å²) in [6.45, 7) is -0.188. The van der Waals surface area contributed by atoms with Crippen molar-refractivity contribution in [3.63, 3.8) is 0 Å². The second-order valence-corrected chi connectivity index (χ2v) is 2.99. The molecular formula is C7H12ClF3N2O. The number of alkyl halides is 3. The lowest BCUT2D eigenvalue weighted by atomic mass is 10.2. The summed E-state index contributed by atoms with van der Waals surface area (Å²) in [4.78, 5) is 11.8. The number of hydrogen-bond acceptors (Lipinski definition) is 2. The minimum atomic E-state index is -4.32. The van der Waals surface area contributed by atoms with Gasteiger partial charge in [0, 0.05) is 6.54 Å². The Labute approximate surface area is 85.8 Å². The maximum absolute atomic E-state index is 12.3. The van der Waals surface area contributed by atoms with Crippen LogP contribution >= 0.6 is 12.4 Å². The Kier molecular flexibility index (Phi) is 4.67. The van der Waals surface area contributed by atoms with E-state index in [4.69, 9.17) is 5.73 Å². The molecule has 84 valence electrons. The summed E-state index contributed by atoms with van der Waals surface area (Å²) in [7, 11) is 0. The van der Waals surface area contributed by atoms with E-state index in [2.05, 4.69) is 0 Å². The standard InChI is InChI=1S/C7H11F3N2O.ClH/c8-7(9,10)5-2-1-3-12(5)6(13)4-11;/h5H,1-4,11H2;1H/t5-;/m1./s1. The Morgan fingerprint density at radius 2 is 2.07 bits per heavy atom. The lowest BCUT2D eigenvalue weighted by Crippen LogP contribution is -2.46. The zero-order valence-corrected chi connectivity index (χ0v) is 8.20. The maximum atomic E-state index is 12.3. The van der Waals surface area contributed by atoms with E-state index in [-0.39, 0.29) is 31.9 Å². The number of carbonyl (C=O) groups is 1. The zero-order chi connectivity index (χ0) is 10.1. The molecule has 1 saturated heterocycles. The zero-order valence-electron chi connectivity index (χ0n) is 7.38. The SMILES string of the molecule is Cl.NCC(=O)N1CCC[C@@H]1C(F)(F)F. The predicted octanol–water partition coefficient (Wildman–Crippen LogP) is 0.920. The van der Waals surface area contributed by atoms with E-state index in [1.165, 1.54) is 0 Å². The van der Waals surface area contributed by atoms with Gasteiger partial charge >= 0.3 is 6.18 Å². The van der Waals surface area contributed by atoms with Crippen LogP contribution in [0.1, 0.15) is 12.8 Å². The molecule has 1 aliphatic heterocycles. The van der Waals surface area contributed by atoms with Gasteiger partial charge < -0.3 is 10.6 Å². The highest BCUT2D eigenvalue weighted by molar-refractivity contribution is 5.85. The molecule has 1 heterocycles. The van der Waals surface area contributed by atoms with Crippen molar-refractivity contribution >= 4 is 18.3 Å². The van der Waals surface area contributed by atoms with Crippen LogP contribution in [-0.2, 0) is 4.79 Å². The van der Waals surface area contributed by atoms with Crippen LogP contribution in [0.15, 0.2) is 0 Å². The summed E-state index contributed by atoms with van der Waals surface area (Å²) in [6.07, 6.45) is -3.92. The lowest BCUT2D eigenvalue weighted by molar-refractivity contribution is -0.182. The van der Waals surface area contributed by atoms with Crippen LogP contribution in [0.25, 0.3) is 0 Å². The summed E-state index contributed by atoms with van der Waals surface area (Å²) in [5.41, 5.74) is 5.00. The van der Waals surface area contributed by atoms with Crippen molar-refractivity contribution in [2.75, 3.05) is 13.1 Å². The van der Waals surface area contributed by atoms with Gasteiger partial charge in [0.05, 0.1) is 6.54 Å². The van der Waals surface area contributed by atoms with Gasteiger partial charge in [-0.1, -0.05) is 0 Å². The van der Waals surface area contributed by atoms with Crippen molar-refractivity contribution < 1.29 is 18.0 Å². The molecule has 0 spiro atoms. The molecule has 0 bridgehead atoms. The number of halogens is 4. The molecule has 7 heteroatoms. The van der Waals surface area contributed by atoms with E-state index in [1.54, 1.807) is 0 Å². The van der Waals surface area contributed by atoms with Crippen LogP contribution in [-0.4, -0.2) is 36.1 Å². The number of hydrogen-bond donors (Lipinski definition) is 1. The monoisotopic (exact) mass is 232 g/mol. The van der Waals surface area contributed by atoms with Gasteiger partial charge in [0.1, 0.15) is 6.04 Å². The summed E-state index contributed by atoms with van der Waals surface area (Å²) >= 11 is 0. The van der Waals surface area contributed by atoms with Crippen molar-refractivity contribution in [3.05, 3.63) is 0 Å². The number of likely N-dealkylation sites (tertiary alicyclic amines) is 1. The van der Waals surface area contributed by atoms with Crippen molar-refractivity contribution in [3.8, 4) is 0 Å². The minimum absolute atomic E-state index is 0. The fraction of sp³-hybridized carbons (Fsp3) is 0.857. The first-order chi connectivity index (χ1) is 5.96. The molecule has 0 saturated carbocycles. The first kappa shape index (κ1) is 13.5. The fourth-order valence-corrected chi connectivity index (χ4v) is 1.52. The Balaban J connectivity index is 0.00000169. The number of nitrogens with two attached hydrogens (primary N) is 1. The van der Waals surface area contributed by atoms with Gasteiger partial charge in [-0.2, -0.15) is 13.2 Å². The first-order valence-corrected chi connectivity index (χ1v) is 4.03. The Morgan fingerprint density at radius 3 is 2.50 bits per heavy atom. The summed E-state index contributed by atoms with van der Waals surface area (Å²) < 4.78 is 36.8. The first-order valence-electron chi connectivity index (χ1n) is 4.03. The minimum Gasteiger partial charge on any atom is -0.329 e. The largest absolute Gasteiger partial charge is 0.408 e. The van der Waals surface area contributed by atoms with E-state index in [9.17, 15) is 18.0 Å². The van der Waals surface area contributed by atoms with Gasteiger partial charge in [0.25, 0.3) is 0 Å². The third-order valence-electron chi connectivity index (χ3n) is 2.13. The quantitative estimate of drug-likeness (QED) is 0.731. The molecule has 1 fully saturated rings. The van der Waals surface area contributed by atoms with Gasteiger partial charge in [-0.25, -0.2) is 0 Å². The van der Waals surface area contributed by atoms with Crippen LogP contribution < -0.4 is 5.73 Å². The number of amides is 1. The highest BCUT2D eigenvalue weighted by Gasteiger charge is 2.47. The molecule has 0 aliphatic carbocycles. The lowest BCUT2D eigenvalue weighted by Gasteiger charge is -2.25. The van der Waals surface area contributed by atoms with Gasteiger partial charge in [-0.05, 0) is 12.8 Å². The highest BCUT2D eigenvalue weighted by atomic mass is 35.5. The summed E-state index contributed by atoms with van der Waals surface area (Å²) in [5.74, 6) is -0.625. The van der Waals surface area contributed by atoms with Gasteiger partial charge in [-0.15, -0.1) is 12.4 Å². The van der Waals surface area contributed by atoms with E-state index in [0.29, 0.717) is 6.42 Å². The second-order valence-electron chi connectivity index (χ2n) is 2.99. The van der Waals surface area contributed by atoms with Crippen LogP contribution in [0.3, 0.4) is 0 Å². The van der Waals surface area contributed by atoms with Gasteiger partial charge in [0.2, 0.25) is 5.91 Å². The van der Waals surface area contributed by atoms with Crippen molar-refractivity contribution in [1.82, 2.24) is 4.90 Å². The van der Waals surface area contributed by atoms with Crippen LogP contribution in [0, 0.1) is 0 Å². The fourth-order valence-electron chi connectivity index (χ4n) is 1.52. The molecule has 0 aromatic rings. The Hall–Kier alpha value is -0.490. The number of carbonyl (C=O) groups excluding carboxylic acids is 1. The third-order valence-corrected chi connectivity index (χ3v) is 2.13. The maximum Gasteiger partial charge on any atom is 0.408 e. The molecule has 3 nitrogen and oxygen atoms in total. The molecule has 0 aromatic heterocycles. The molecule has 1 amide bonds. The normalized spacial score (nSPS) is 22.0. The van der Waals surface area contributed by atoms with Crippen molar-refractivity contribution in [2.24, 2.45) is 5.73 Å². The molecule has 0 unspecified atom stereocenters. The Morgan fingerprint density at radius 1 is 1.50 bits per heavy atom. The molecule has 1 aliphatic rings. The van der Waals surface area contributed by atoms with Crippen molar-refractivity contribution in [2.45, 2.75) is 25.1 Å². The highest BCUT2D eigenvalue weighted by Crippen LogP contribution is 2.32. The number of rotatable bonds is 1. The van der Waals surface area contributed by atoms with E-state index in [0.717, 1.165) is 4.90 Å². The van der Waals surface area contributed by atoms with E-state index >= 15 is 0 Å². The second kappa shape index (κ2) is 4.84. The molecule has 0 radical (unpaired) electrons. The van der Waals surface area contributed by atoms with Crippen LogP contribution in [0.2, 0.25) is 0 Å². The van der Waals surface area contributed by atoms with Gasteiger partial charge in [0.15, 0.2) is 0 Å². The van der Waals surface area contributed by atoms with Crippen LogP contribution in [0.5, 0.6) is 0 Å². The topological polar surface area (TPSA) is 46.3 Å². The third kappa shape index (κ3) is 2.75. The molecule has 0 aromatic carbocycles. The molecule has 1 rings (SSSR count). The van der Waals surface area contributed by atoms with E-state index in [1.807, 2.05) is 0 Å². The van der Waals surface area contributed by atoms with Gasteiger partial charge in [-0.3, -0.25) is 4.79 Å². The Bertz CT molecular complexity index is 210. The molecular weight excluding hydrogens is 221 g/mol. The molecule has 14 heavy (non-hydrogen) atoms. The number of nitrogens with zero attached hydrogens (tertiary/aromatic N) is 1. The average molecular weight is 233 g/mol. The summed E-state index contributed by atoms with van der Waals surface area (Å²) in [5, 5.41) is 0. The van der Waals surface area contributed by atoms with Crippen LogP contribution in [0.4, 0.5) is 13.2 Å². The van der Waals surface area contributed by atoms with E-state index < -0.39 is 18.1 Å². The molecule has 1 atom stereocenters. The summed E-state index contributed by atoms with van der Waals surface area (Å²) in [6, 6.07) is -1.62. The smallest absolute Gasteiger partial charge is 0.329 e. The van der Waals surface area contributed by atoms with Crippen molar-refractivity contribution in [1.29, 1.82) is 0 Å². The molecule has 2 N–H and O–H groups in total. The average Bonchev–Trinajstić information content (AvgIpc) is 2.49. The predicted molar refractivity (Wildman–Crippen MR) is 47.1 cm³/mol.